The lowest BCUT2D eigenvalue weighted by Crippen LogP contribution is -2.27. The molecule has 0 radical (unpaired) electrons. The second kappa shape index (κ2) is 11.7. The Bertz CT molecular complexity index is 1790. The predicted octanol–water partition coefficient (Wildman–Crippen LogP) is 6.95. The number of amides is 4. The van der Waals surface area contributed by atoms with E-state index >= 15 is 0 Å². The van der Waals surface area contributed by atoms with Crippen molar-refractivity contribution < 1.29 is 19.4 Å². The van der Waals surface area contributed by atoms with Crippen LogP contribution in [-0.4, -0.2) is 50.9 Å². The lowest BCUT2D eigenvalue weighted by Gasteiger charge is -2.15. The summed E-state index contributed by atoms with van der Waals surface area (Å²) in [6.45, 7) is 6.13. The SMILES string of the molecule is CN(C)C(=O)Nc1cc(Oc2ccc(NC(=O)Nc3cc(C(C)(C)C)nn3-c3ccc(O)cc3)c3ccccc23)ccn1. The molecule has 4 N–H and O–H groups in total. The number of urea groups is 2. The van der Waals surface area contributed by atoms with Gasteiger partial charge >= 0.3 is 12.1 Å². The second-order valence-electron chi connectivity index (χ2n) is 11.1. The molecule has 0 atom stereocenters. The Morgan fingerprint density at radius 3 is 2.30 bits per heavy atom. The van der Waals surface area contributed by atoms with Crippen LogP contribution in [0.5, 0.6) is 17.2 Å². The maximum atomic E-state index is 13.3. The van der Waals surface area contributed by atoms with Gasteiger partial charge in [0.1, 0.15) is 28.9 Å². The molecule has 0 aliphatic heterocycles. The molecule has 0 saturated heterocycles. The minimum absolute atomic E-state index is 0.138. The second-order valence-corrected chi connectivity index (χ2v) is 11.1. The number of phenols is 1. The molecule has 11 heteroatoms. The van der Waals surface area contributed by atoms with Gasteiger partial charge in [-0.2, -0.15) is 5.10 Å². The number of nitrogens with zero attached hydrogens (tertiary/aromatic N) is 4. The Morgan fingerprint density at radius 1 is 0.884 bits per heavy atom. The van der Waals surface area contributed by atoms with Crippen LogP contribution >= 0.6 is 0 Å². The molecule has 0 fully saturated rings. The summed E-state index contributed by atoms with van der Waals surface area (Å²) in [6, 6.07) is 22.1. The van der Waals surface area contributed by atoms with E-state index in [4.69, 9.17) is 9.84 Å². The van der Waals surface area contributed by atoms with Crippen molar-refractivity contribution in [1.82, 2.24) is 19.7 Å². The van der Waals surface area contributed by atoms with Gasteiger partial charge in [-0.05, 0) is 42.5 Å². The fourth-order valence-corrected chi connectivity index (χ4v) is 4.26. The minimum Gasteiger partial charge on any atom is -0.508 e. The van der Waals surface area contributed by atoms with Crippen molar-refractivity contribution in [1.29, 1.82) is 0 Å². The summed E-state index contributed by atoms with van der Waals surface area (Å²) in [7, 11) is 3.29. The Hall–Kier alpha value is -5.58. The number of anilines is 3. The van der Waals surface area contributed by atoms with Crippen molar-refractivity contribution >= 4 is 40.2 Å². The standard InChI is InChI=1S/C32H33N7O4/c1-32(2,3)27-19-29(39(37-27)20-10-12-21(40)13-11-20)36-30(41)34-25-14-15-26(24-9-7-6-8-23(24)25)43-22-16-17-33-28(18-22)35-31(42)38(4)5/h6-19,40H,1-5H3,(H,33,35,42)(H2,34,36,41). The van der Waals surface area contributed by atoms with Gasteiger partial charge < -0.3 is 20.1 Å². The van der Waals surface area contributed by atoms with E-state index in [1.54, 1.807) is 73.5 Å². The highest BCUT2D eigenvalue weighted by atomic mass is 16.5. The van der Waals surface area contributed by atoms with E-state index in [2.05, 4.69) is 20.9 Å². The van der Waals surface area contributed by atoms with Crippen LogP contribution in [0.25, 0.3) is 16.5 Å². The average Bonchev–Trinajstić information content (AvgIpc) is 3.39. The molecule has 2 aromatic heterocycles. The molecule has 0 saturated carbocycles. The monoisotopic (exact) mass is 579 g/mol. The molecule has 0 unspecified atom stereocenters. The van der Waals surface area contributed by atoms with Crippen molar-refractivity contribution in [3.05, 3.63) is 90.8 Å². The lowest BCUT2D eigenvalue weighted by molar-refractivity contribution is 0.230. The largest absolute Gasteiger partial charge is 0.508 e. The third-order valence-electron chi connectivity index (χ3n) is 6.55. The fourth-order valence-electron chi connectivity index (χ4n) is 4.26. The average molecular weight is 580 g/mol. The topological polar surface area (TPSA) is 134 Å². The molecular weight excluding hydrogens is 546 g/mol. The Morgan fingerprint density at radius 2 is 1.60 bits per heavy atom. The fraction of sp³-hybridized carbons (Fsp3) is 0.188. The summed E-state index contributed by atoms with van der Waals surface area (Å²) in [4.78, 5) is 30.9. The summed E-state index contributed by atoms with van der Waals surface area (Å²) in [6.07, 6.45) is 1.55. The van der Waals surface area contributed by atoms with E-state index in [0.717, 1.165) is 16.5 Å². The van der Waals surface area contributed by atoms with Crippen LogP contribution < -0.4 is 20.7 Å². The van der Waals surface area contributed by atoms with Crippen LogP contribution in [0.2, 0.25) is 0 Å². The molecular formula is C32H33N7O4. The van der Waals surface area contributed by atoms with Crippen LogP contribution in [0.1, 0.15) is 26.5 Å². The van der Waals surface area contributed by atoms with Gasteiger partial charge in [0.25, 0.3) is 0 Å². The number of hydrogen-bond donors (Lipinski definition) is 4. The van der Waals surface area contributed by atoms with E-state index in [1.165, 1.54) is 4.90 Å². The molecule has 0 aliphatic carbocycles. The van der Waals surface area contributed by atoms with Crippen LogP contribution in [0.3, 0.4) is 0 Å². The maximum Gasteiger partial charge on any atom is 0.324 e. The van der Waals surface area contributed by atoms with Gasteiger partial charge in [-0.3, -0.25) is 10.6 Å². The van der Waals surface area contributed by atoms with Crippen molar-refractivity contribution in [2.45, 2.75) is 26.2 Å². The molecule has 2 heterocycles. The van der Waals surface area contributed by atoms with E-state index in [-0.39, 0.29) is 17.2 Å². The molecule has 4 amide bonds. The van der Waals surface area contributed by atoms with Gasteiger partial charge in [0.15, 0.2) is 0 Å². The Balaban J connectivity index is 1.39. The number of aromatic nitrogens is 3. The first-order valence-electron chi connectivity index (χ1n) is 13.6. The zero-order chi connectivity index (χ0) is 30.7. The molecule has 0 bridgehead atoms. The number of benzene rings is 3. The number of hydrogen-bond acceptors (Lipinski definition) is 6. The van der Waals surface area contributed by atoms with Crippen molar-refractivity contribution in [3.63, 3.8) is 0 Å². The maximum absolute atomic E-state index is 13.3. The summed E-state index contributed by atoms with van der Waals surface area (Å²) >= 11 is 0. The molecule has 0 spiro atoms. The lowest BCUT2D eigenvalue weighted by atomic mass is 9.92. The highest BCUT2D eigenvalue weighted by Crippen LogP contribution is 2.35. The van der Waals surface area contributed by atoms with Crippen LogP contribution in [0.4, 0.5) is 26.9 Å². The first-order chi connectivity index (χ1) is 20.5. The third kappa shape index (κ3) is 6.67. The van der Waals surface area contributed by atoms with Crippen LogP contribution in [0.15, 0.2) is 85.1 Å². The van der Waals surface area contributed by atoms with Crippen molar-refractivity contribution in [2.75, 3.05) is 30.0 Å². The quantitative estimate of drug-likeness (QED) is 0.172. The number of aromatic hydroxyl groups is 1. The number of ether oxygens (including phenoxy) is 1. The molecule has 220 valence electrons. The number of phenolic OH excluding ortho intramolecular Hbond substituents is 1. The number of fused-ring (bicyclic) bond motifs is 1. The van der Waals surface area contributed by atoms with Gasteiger partial charge in [0, 0.05) is 48.6 Å². The van der Waals surface area contributed by atoms with E-state index in [1.807, 2.05) is 51.1 Å². The number of rotatable bonds is 6. The smallest absolute Gasteiger partial charge is 0.324 e. The zero-order valence-corrected chi connectivity index (χ0v) is 24.5. The number of carbonyl (C=O) groups excluding carboxylic acids is 2. The number of carbonyl (C=O) groups is 2. The van der Waals surface area contributed by atoms with Gasteiger partial charge in [-0.25, -0.2) is 19.3 Å². The molecule has 0 aliphatic rings. The van der Waals surface area contributed by atoms with Crippen molar-refractivity contribution in [2.24, 2.45) is 0 Å². The summed E-state index contributed by atoms with van der Waals surface area (Å²) < 4.78 is 7.81. The summed E-state index contributed by atoms with van der Waals surface area (Å²) in [5.41, 5.74) is 1.81. The van der Waals surface area contributed by atoms with Crippen LogP contribution in [-0.2, 0) is 5.41 Å². The Kier molecular flexibility index (Phi) is 7.89. The van der Waals surface area contributed by atoms with E-state index in [9.17, 15) is 14.7 Å². The normalized spacial score (nSPS) is 11.2. The minimum atomic E-state index is -0.449. The van der Waals surface area contributed by atoms with Gasteiger partial charge in [-0.1, -0.05) is 45.0 Å². The first kappa shape index (κ1) is 28.9. The molecule has 11 nitrogen and oxygen atoms in total. The third-order valence-corrected chi connectivity index (χ3v) is 6.55. The predicted molar refractivity (Wildman–Crippen MR) is 168 cm³/mol. The van der Waals surface area contributed by atoms with Gasteiger partial charge in [0.05, 0.1) is 17.1 Å². The highest BCUT2D eigenvalue weighted by Gasteiger charge is 2.22. The van der Waals surface area contributed by atoms with Gasteiger partial charge in [-0.15, -0.1) is 0 Å². The van der Waals surface area contributed by atoms with E-state index < -0.39 is 6.03 Å². The molecule has 5 aromatic rings. The molecule has 3 aromatic carbocycles. The van der Waals surface area contributed by atoms with Crippen molar-refractivity contribution in [3.8, 4) is 22.9 Å². The first-order valence-corrected chi connectivity index (χ1v) is 13.6. The molecule has 5 rings (SSSR count). The highest BCUT2D eigenvalue weighted by molar-refractivity contribution is 6.07. The Labute approximate surface area is 249 Å². The molecule has 43 heavy (non-hydrogen) atoms. The summed E-state index contributed by atoms with van der Waals surface area (Å²) in [5, 5.41) is 24.6. The van der Waals surface area contributed by atoms with E-state index in [0.29, 0.717) is 34.5 Å². The number of pyridine rings is 1. The zero-order valence-electron chi connectivity index (χ0n) is 24.5. The summed E-state index contributed by atoms with van der Waals surface area (Å²) in [5.74, 6) is 2.03. The van der Waals surface area contributed by atoms with Gasteiger partial charge in [0.2, 0.25) is 0 Å². The van der Waals surface area contributed by atoms with Crippen LogP contribution in [0, 0.1) is 0 Å². The number of nitrogens with one attached hydrogen (secondary N) is 3.